The summed E-state index contributed by atoms with van der Waals surface area (Å²) < 4.78 is 45.3. The summed E-state index contributed by atoms with van der Waals surface area (Å²) in [4.78, 5) is 13.1. The fourth-order valence-corrected chi connectivity index (χ4v) is 3.87. The molecule has 0 spiro atoms. The first-order valence-corrected chi connectivity index (χ1v) is 10.3. The zero-order valence-corrected chi connectivity index (χ0v) is 18.2. The molecule has 0 radical (unpaired) electrons. The summed E-state index contributed by atoms with van der Waals surface area (Å²) in [7, 11) is 0. The Bertz CT molecular complexity index is 1480. The van der Waals surface area contributed by atoms with Gasteiger partial charge in [0.1, 0.15) is 11.9 Å². The number of nitrogens with zero attached hydrogens (tertiary/aromatic N) is 7. The number of nitrogen functional groups attached to an aromatic ring is 1. The first kappa shape index (κ1) is 21.6. The monoisotopic (exact) mass is 464 g/mol. The largest absolute Gasteiger partial charge is 0.366 e. The SMILES string of the molecule is Cc1nn([C@H](c2ccc(F)cc2)C(C)(F)F)cc1-c1ccnc(-c2ccn3nc(N)nc3c2)n1. The van der Waals surface area contributed by atoms with Crippen LogP contribution in [0.2, 0.25) is 0 Å². The summed E-state index contributed by atoms with van der Waals surface area (Å²) in [5, 5.41) is 8.39. The Hall–Kier alpha value is -4.28. The third-order valence-electron chi connectivity index (χ3n) is 5.39. The van der Waals surface area contributed by atoms with Crippen molar-refractivity contribution in [3.05, 3.63) is 78.1 Å². The van der Waals surface area contributed by atoms with Gasteiger partial charge in [-0.2, -0.15) is 10.1 Å². The summed E-state index contributed by atoms with van der Waals surface area (Å²) in [5.74, 6) is -3.08. The Balaban J connectivity index is 1.55. The second kappa shape index (κ2) is 7.94. The molecule has 1 aromatic carbocycles. The van der Waals surface area contributed by atoms with Gasteiger partial charge in [0.15, 0.2) is 11.5 Å². The van der Waals surface area contributed by atoms with Crippen molar-refractivity contribution < 1.29 is 13.2 Å². The van der Waals surface area contributed by atoms with E-state index in [9.17, 15) is 13.2 Å². The lowest BCUT2D eigenvalue weighted by atomic mass is 10.0. The Morgan fingerprint density at radius 1 is 1.03 bits per heavy atom. The minimum atomic E-state index is -3.15. The van der Waals surface area contributed by atoms with E-state index >= 15 is 0 Å². The molecule has 0 saturated heterocycles. The van der Waals surface area contributed by atoms with E-state index in [1.54, 1.807) is 37.5 Å². The van der Waals surface area contributed by atoms with E-state index in [4.69, 9.17) is 5.73 Å². The fourth-order valence-electron chi connectivity index (χ4n) is 3.87. The second-order valence-corrected chi connectivity index (χ2v) is 7.97. The molecule has 0 aliphatic heterocycles. The van der Waals surface area contributed by atoms with Crippen molar-refractivity contribution in [2.24, 2.45) is 0 Å². The van der Waals surface area contributed by atoms with Crippen molar-refractivity contribution in [2.75, 3.05) is 5.73 Å². The predicted molar refractivity (Wildman–Crippen MR) is 120 cm³/mol. The molecule has 172 valence electrons. The van der Waals surface area contributed by atoms with Gasteiger partial charge in [0.25, 0.3) is 5.92 Å². The van der Waals surface area contributed by atoms with Gasteiger partial charge in [0.05, 0.1) is 11.4 Å². The topological polar surface area (TPSA) is 99.8 Å². The molecular formula is C23H19F3N8. The number of aryl methyl sites for hydroxylation is 1. The standard InChI is InChI=1S/C23H19F3N8/c1-13-17(12-34(31-13)20(23(2,25)26)14-3-5-16(24)6-4-14)18-7-9-28-21(29-18)15-8-10-33-19(11-15)30-22(27)32-33/h3-12,20H,1-2H3,(H2,27,32)/t20-/m1/s1. The van der Waals surface area contributed by atoms with Gasteiger partial charge in [-0.05, 0) is 42.8 Å². The van der Waals surface area contributed by atoms with Crippen LogP contribution in [0.3, 0.4) is 0 Å². The third-order valence-corrected chi connectivity index (χ3v) is 5.39. The lowest BCUT2D eigenvalue weighted by Crippen LogP contribution is -2.29. The molecule has 0 aliphatic carbocycles. The van der Waals surface area contributed by atoms with Crippen molar-refractivity contribution in [1.29, 1.82) is 0 Å². The van der Waals surface area contributed by atoms with Crippen LogP contribution in [0.25, 0.3) is 28.3 Å². The van der Waals surface area contributed by atoms with Gasteiger partial charge in [-0.15, -0.1) is 5.10 Å². The summed E-state index contributed by atoms with van der Waals surface area (Å²) in [6, 6.07) is 8.78. The molecule has 4 heterocycles. The molecular weight excluding hydrogens is 445 g/mol. The number of benzene rings is 1. The minimum absolute atomic E-state index is 0.151. The lowest BCUT2D eigenvalue weighted by molar-refractivity contribution is -0.0217. The zero-order valence-electron chi connectivity index (χ0n) is 18.2. The summed E-state index contributed by atoms with van der Waals surface area (Å²) in [6.45, 7) is 2.53. The van der Waals surface area contributed by atoms with Crippen LogP contribution in [0.5, 0.6) is 0 Å². The molecule has 1 atom stereocenters. The molecule has 2 N–H and O–H groups in total. The molecule has 0 unspecified atom stereocenters. The number of alkyl halides is 2. The molecule has 8 nitrogen and oxygen atoms in total. The average Bonchev–Trinajstić information content (AvgIpc) is 3.35. The van der Waals surface area contributed by atoms with Crippen LogP contribution in [0, 0.1) is 12.7 Å². The Morgan fingerprint density at radius 3 is 2.53 bits per heavy atom. The van der Waals surface area contributed by atoms with E-state index in [1.165, 1.54) is 27.5 Å². The summed E-state index contributed by atoms with van der Waals surface area (Å²) in [5.41, 5.74) is 8.74. The number of hydrogen-bond acceptors (Lipinski definition) is 6. The van der Waals surface area contributed by atoms with E-state index in [2.05, 4.69) is 25.1 Å². The summed E-state index contributed by atoms with van der Waals surface area (Å²) >= 11 is 0. The Labute approximate surface area is 191 Å². The number of pyridine rings is 1. The highest BCUT2D eigenvalue weighted by Crippen LogP contribution is 2.36. The van der Waals surface area contributed by atoms with Gasteiger partial charge in [0.2, 0.25) is 5.95 Å². The lowest BCUT2D eigenvalue weighted by Gasteiger charge is -2.24. The van der Waals surface area contributed by atoms with Crippen molar-refractivity contribution in [1.82, 2.24) is 34.3 Å². The van der Waals surface area contributed by atoms with Crippen molar-refractivity contribution in [3.8, 4) is 22.6 Å². The maximum Gasteiger partial charge on any atom is 0.271 e. The van der Waals surface area contributed by atoms with Gasteiger partial charge in [-0.1, -0.05) is 12.1 Å². The first-order chi connectivity index (χ1) is 16.2. The average molecular weight is 464 g/mol. The van der Waals surface area contributed by atoms with E-state index < -0.39 is 17.8 Å². The van der Waals surface area contributed by atoms with Crippen LogP contribution < -0.4 is 5.73 Å². The molecule has 4 aromatic heterocycles. The highest BCUT2D eigenvalue weighted by Gasteiger charge is 2.38. The van der Waals surface area contributed by atoms with Crippen LogP contribution in [-0.2, 0) is 0 Å². The van der Waals surface area contributed by atoms with E-state index in [0.717, 1.165) is 19.1 Å². The number of rotatable bonds is 5. The molecule has 11 heteroatoms. The van der Waals surface area contributed by atoms with Crippen LogP contribution in [-0.4, -0.2) is 40.3 Å². The van der Waals surface area contributed by atoms with Crippen LogP contribution >= 0.6 is 0 Å². The summed E-state index contributed by atoms with van der Waals surface area (Å²) in [6.07, 6.45) is 4.81. The van der Waals surface area contributed by atoms with Crippen LogP contribution in [0.15, 0.2) is 61.1 Å². The molecule has 34 heavy (non-hydrogen) atoms. The van der Waals surface area contributed by atoms with Crippen LogP contribution in [0.4, 0.5) is 19.1 Å². The highest BCUT2D eigenvalue weighted by atomic mass is 19.3. The van der Waals surface area contributed by atoms with Crippen LogP contribution in [0.1, 0.15) is 24.2 Å². The quantitative estimate of drug-likeness (QED) is 0.416. The molecule has 5 rings (SSSR count). The fraction of sp³-hybridized carbons (Fsp3) is 0.174. The van der Waals surface area contributed by atoms with E-state index in [0.29, 0.717) is 34.0 Å². The number of anilines is 1. The van der Waals surface area contributed by atoms with Gasteiger partial charge in [0, 0.05) is 36.6 Å². The van der Waals surface area contributed by atoms with Crippen molar-refractivity contribution in [2.45, 2.75) is 25.8 Å². The first-order valence-electron chi connectivity index (χ1n) is 10.3. The zero-order chi connectivity index (χ0) is 24.0. The number of aromatic nitrogens is 7. The van der Waals surface area contributed by atoms with Crippen molar-refractivity contribution in [3.63, 3.8) is 0 Å². The van der Waals surface area contributed by atoms with Gasteiger partial charge in [-0.3, -0.25) is 4.68 Å². The number of hydrogen-bond donors (Lipinski definition) is 1. The second-order valence-electron chi connectivity index (χ2n) is 7.97. The Morgan fingerprint density at radius 2 is 1.79 bits per heavy atom. The maximum atomic E-state index is 14.6. The number of halogens is 3. The third kappa shape index (κ3) is 3.96. The van der Waals surface area contributed by atoms with E-state index in [-0.39, 0.29) is 11.5 Å². The predicted octanol–water partition coefficient (Wildman–Crippen LogP) is 4.32. The normalized spacial score (nSPS) is 12.9. The molecule has 5 aromatic rings. The smallest absolute Gasteiger partial charge is 0.271 e. The van der Waals surface area contributed by atoms with Gasteiger partial charge in [-0.25, -0.2) is 27.7 Å². The van der Waals surface area contributed by atoms with Gasteiger partial charge < -0.3 is 5.73 Å². The Kier molecular flexibility index (Phi) is 5.03. The molecule has 0 fully saturated rings. The maximum absolute atomic E-state index is 14.6. The molecule has 0 saturated carbocycles. The molecule has 0 bridgehead atoms. The number of nitrogens with two attached hydrogens (primary N) is 1. The highest BCUT2D eigenvalue weighted by molar-refractivity contribution is 5.66. The molecule has 0 aliphatic rings. The van der Waals surface area contributed by atoms with Crippen molar-refractivity contribution >= 4 is 11.6 Å². The van der Waals surface area contributed by atoms with Gasteiger partial charge >= 0.3 is 0 Å². The number of fused-ring (bicyclic) bond motifs is 1. The molecule has 0 amide bonds. The van der Waals surface area contributed by atoms with E-state index in [1.807, 2.05) is 0 Å². The minimum Gasteiger partial charge on any atom is -0.366 e.